The Morgan fingerprint density at radius 2 is 1.02 bits per heavy atom. The average molecular weight is 569 g/mol. The molecule has 1 aromatic heterocycles. The summed E-state index contributed by atoms with van der Waals surface area (Å²) < 4.78 is 35.4. The molecule has 0 aliphatic rings. The summed E-state index contributed by atoms with van der Waals surface area (Å²) in [5.74, 6) is 1.54. The number of hydrogen-bond donors (Lipinski definition) is 0. The highest BCUT2D eigenvalue weighted by Crippen LogP contribution is 2.29. The van der Waals surface area contributed by atoms with E-state index in [1.54, 1.807) is 75.3 Å². The minimum atomic E-state index is -0.371. The number of methoxy groups -OCH3 is 4. The first kappa shape index (κ1) is 29.5. The van der Waals surface area contributed by atoms with E-state index in [0.29, 0.717) is 45.3 Å². The molecule has 8 nitrogen and oxygen atoms in total. The Labute approximate surface area is 242 Å². The number of ketones is 2. The van der Waals surface area contributed by atoms with Crippen LogP contribution in [0.3, 0.4) is 0 Å². The normalized spacial score (nSPS) is 10.2. The van der Waals surface area contributed by atoms with Gasteiger partial charge in [-0.05, 0) is 84.9 Å². The van der Waals surface area contributed by atoms with Crippen LogP contribution in [0.1, 0.15) is 31.8 Å². The van der Waals surface area contributed by atoms with Crippen LogP contribution >= 0.6 is 0 Å². The molecule has 0 saturated heterocycles. The first-order valence-electron chi connectivity index (χ1n) is 12.8. The van der Waals surface area contributed by atoms with Crippen molar-refractivity contribution in [1.82, 2.24) is 9.55 Å². The molecule has 4 aromatic carbocycles. The van der Waals surface area contributed by atoms with E-state index in [0.717, 1.165) is 5.69 Å². The largest absolute Gasteiger partial charge is 0.493 e. The lowest BCUT2D eigenvalue weighted by Gasteiger charge is -2.09. The van der Waals surface area contributed by atoms with Gasteiger partial charge >= 0.3 is 0 Å². The number of nitrogens with zero attached hydrogens (tertiary/aromatic N) is 2. The van der Waals surface area contributed by atoms with Crippen LogP contribution in [0.2, 0.25) is 0 Å². The Hall–Kier alpha value is -5.44. The molecule has 42 heavy (non-hydrogen) atoms. The SMILES string of the molecule is COc1ccc(C(=O)c2ccc(-n3ccnc3)cc2)cc1OC.COc1ccc(C(=O)c2ccc(F)cc2)cc1OC. The van der Waals surface area contributed by atoms with E-state index in [1.807, 2.05) is 22.9 Å². The lowest BCUT2D eigenvalue weighted by Crippen LogP contribution is -2.03. The summed E-state index contributed by atoms with van der Waals surface area (Å²) in [6.07, 6.45) is 5.28. The van der Waals surface area contributed by atoms with Crippen molar-refractivity contribution >= 4 is 11.6 Å². The summed E-state index contributed by atoms with van der Waals surface area (Å²) in [5, 5.41) is 0. The van der Waals surface area contributed by atoms with E-state index in [4.69, 9.17) is 18.9 Å². The number of halogens is 1. The molecule has 0 saturated carbocycles. The molecule has 0 bridgehead atoms. The van der Waals surface area contributed by atoms with Crippen LogP contribution in [-0.4, -0.2) is 49.6 Å². The van der Waals surface area contributed by atoms with Crippen LogP contribution in [0, 0.1) is 5.82 Å². The monoisotopic (exact) mass is 568 g/mol. The summed E-state index contributed by atoms with van der Waals surface area (Å²) >= 11 is 0. The van der Waals surface area contributed by atoms with E-state index in [-0.39, 0.29) is 17.4 Å². The highest BCUT2D eigenvalue weighted by atomic mass is 19.1. The highest BCUT2D eigenvalue weighted by molar-refractivity contribution is 6.10. The molecular formula is C33H29FN2O6. The molecule has 0 atom stereocenters. The fourth-order valence-electron chi connectivity index (χ4n) is 4.09. The number of ether oxygens (including phenoxy) is 4. The number of imidazole rings is 1. The van der Waals surface area contributed by atoms with Crippen molar-refractivity contribution in [2.75, 3.05) is 28.4 Å². The van der Waals surface area contributed by atoms with Gasteiger partial charge in [-0.25, -0.2) is 9.37 Å². The third kappa shape index (κ3) is 6.82. The zero-order chi connectivity index (χ0) is 30.1. The van der Waals surface area contributed by atoms with Crippen molar-refractivity contribution in [2.45, 2.75) is 0 Å². The smallest absolute Gasteiger partial charge is 0.193 e. The Bertz CT molecular complexity index is 1650. The van der Waals surface area contributed by atoms with Gasteiger partial charge in [-0.3, -0.25) is 9.59 Å². The summed E-state index contributed by atoms with van der Waals surface area (Å²) in [5.41, 5.74) is 3.00. The molecule has 1 heterocycles. The Kier molecular flexibility index (Phi) is 9.68. The zero-order valence-electron chi connectivity index (χ0n) is 23.5. The average Bonchev–Trinajstić information content (AvgIpc) is 3.59. The van der Waals surface area contributed by atoms with Crippen molar-refractivity contribution < 1.29 is 32.9 Å². The van der Waals surface area contributed by atoms with Crippen LogP contribution < -0.4 is 18.9 Å². The van der Waals surface area contributed by atoms with E-state index in [2.05, 4.69) is 4.98 Å². The third-order valence-corrected chi connectivity index (χ3v) is 6.33. The minimum absolute atomic E-state index is 0.0665. The van der Waals surface area contributed by atoms with E-state index < -0.39 is 0 Å². The van der Waals surface area contributed by atoms with Crippen molar-refractivity contribution in [3.05, 3.63) is 132 Å². The minimum Gasteiger partial charge on any atom is -0.493 e. The number of rotatable bonds is 9. The van der Waals surface area contributed by atoms with Gasteiger partial charge in [-0.2, -0.15) is 0 Å². The van der Waals surface area contributed by atoms with Gasteiger partial charge in [0, 0.05) is 40.3 Å². The molecule has 0 spiro atoms. The van der Waals surface area contributed by atoms with Gasteiger partial charge in [0.05, 0.1) is 34.8 Å². The number of aromatic nitrogens is 2. The van der Waals surface area contributed by atoms with Gasteiger partial charge in [0.15, 0.2) is 34.6 Å². The standard InChI is InChI=1S/C18H16N2O3.C15H13FO3/c1-22-16-8-5-14(11-17(16)23-2)18(21)13-3-6-15(7-4-13)20-10-9-19-12-20;1-18-13-8-5-11(9-14(13)19-2)15(17)10-3-6-12(16)7-4-10/h3-12H,1-2H3;3-9H,1-2H3. The van der Waals surface area contributed by atoms with Gasteiger partial charge in [0.1, 0.15) is 5.82 Å². The number of carbonyl (C=O) groups excluding carboxylic acids is 2. The molecule has 0 unspecified atom stereocenters. The summed E-state index contributed by atoms with van der Waals surface area (Å²) in [7, 11) is 6.14. The van der Waals surface area contributed by atoms with Gasteiger partial charge in [-0.1, -0.05) is 0 Å². The Balaban J connectivity index is 0.000000197. The number of benzene rings is 4. The maximum Gasteiger partial charge on any atom is 0.193 e. The lowest BCUT2D eigenvalue weighted by molar-refractivity contribution is 0.103. The van der Waals surface area contributed by atoms with Crippen molar-refractivity contribution in [1.29, 1.82) is 0 Å². The predicted molar refractivity (Wildman–Crippen MR) is 156 cm³/mol. The zero-order valence-corrected chi connectivity index (χ0v) is 23.5. The van der Waals surface area contributed by atoms with Crippen molar-refractivity contribution in [3.8, 4) is 28.7 Å². The third-order valence-electron chi connectivity index (χ3n) is 6.33. The first-order chi connectivity index (χ1) is 20.4. The van der Waals surface area contributed by atoms with Crippen molar-refractivity contribution in [2.24, 2.45) is 0 Å². The molecular weight excluding hydrogens is 539 g/mol. The van der Waals surface area contributed by atoms with Crippen LogP contribution in [0.5, 0.6) is 23.0 Å². The quantitative estimate of drug-likeness (QED) is 0.196. The molecule has 5 rings (SSSR count). The predicted octanol–water partition coefficient (Wildman–Crippen LogP) is 6.19. The second-order valence-corrected chi connectivity index (χ2v) is 8.82. The molecule has 0 aliphatic carbocycles. The second kappa shape index (κ2) is 13.8. The Morgan fingerprint density at radius 3 is 1.43 bits per heavy atom. The summed E-state index contributed by atoms with van der Waals surface area (Å²) in [6, 6.07) is 22.8. The topological polar surface area (TPSA) is 88.9 Å². The van der Waals surface area contributed by atoms with E-state index in [1.165, 1.54) is 38.5 Å². The van der Waals surface area contributed by atoms with Gasteiger partial charge in [-0.15, -0.1) is 0 Å². The van der Waals surface area contributed by atoms with Gasteiger partial charge < -0.3 is 23.5 Å². The second-order valence-electron chi connectivity index (χ2n) is 8.82. The van der Waals surface area contributed by atoms with Gasteiger partial charge in [0.25, 0.3) is 0 Å². The summed E-state index contributed by atoms with van der Waals surface area (Å²) in [4.78, 5) is 28.8. The first-order valence-corrected chi connectivity index (χ1v) is 12.8. The molecule has 214 valence electrons. The fourth-order valence-corrected chi connectivity index (χ4v) is 4.09. The molecule has 0 amide bonds. The van der Waals surface area contributed by atoms with Crippen LogP contribution in [0.4, 0.5) is 4.39 Å². The maximum absolute atomic E-state index is 12.8. The molecule has 0 N–H and O–H groups in total. The lowest BCUT2D eigenvalue weighted by atomic mass is 10.0. The molecule has 0 aliphatic heterocycles. The number of hydrogen-bond acceptors (Lipinski definition) is 7. The summed E-state index contributed by atoms with van der Waals surface area (Å²) in [6.45, 7) is 0. The Morgan fingerprint density at radius 1 is 0.595 bits per heavy atom. The van der Waals surface area contributed by atoms with Crippen LogP contribution in [0.15, 0.2) is 104 Å². The molecule has 5 aromatic rings. The van der Waals surface area contributed by atoms with Crippen molar-refractivity contribution in [3.63, 3.8) is 0 Å². The highest BCUT2D eigenvalue weighted by Gasteiger charge is 2.14. The van der Waals surface area contributed by atoms with E-state index in [9.17, 15) is 14.0 Å². The number of carbonyl (C=O) groups is 2. The van der Waals surface area contributed by atoms with Gasteiger partial charge in [0.2, 0.25) is 0 Å². The molecule has 0 fully saturated rings. The van der Waals surface area contributed by atoms with Crippen LogP contribution in [-0.2, 0) is 0 Å². The molecule has 0 radical (unpaired) electrons. The van der Waals surface area contributed by atoms with E-state index >= 15 is 0 Å². The van der Waals surface area contributed by atoms with Crippen LogP contribution in [0.25, 0.3) is 5.69 Å². The maximum atomic E-state index is 12.8. The fraction of sp³-hybridized carbons (Fsp3) is 0.121. The molecule has 9 heteroatoms.